The Morgan fingerprint density at radius 2 is 2.07 bits per heavy atom. The van der Waals surface area contributed by atoms with Gasteiger partial charge < -0.3 is 15.8 Å². The van der Waals surface area contributed by atoms with E-state index in [1.165, 1.54) is 32.1 Å². The molecule has 2 fully saturated rings. The Balaban J connectivity index is 1.87. The molecule has 0 bridgehead atoms. The third-order valence-electron chi connectivity index (χ3n) is 3.89. The maximum atomic E-state index is 5.93. The molecular formula is C12H24N2O. The Hall–Kier alpha value is -0.120. The second-order valence-corrected chi connectivity index (χ2v) is 5.12. The standard InChI is InChI=1S/C12H24N2O/c13-9-12(10-14-6-7-15-12)8-11-4-2-1-3-5-11/h11,14H,1-10,13H2/t12-/m0/s1. The van der Waals surface area contributed by atoms with E-state index in [0.29, 0.717) is 6.54 Å². The molecular weight excluding hydrogens is 188 g/mol. The summed E-state index contributed by atoms with van der Waals surface area (Å²) < 4.78 is 5.93. The van der Waals surface area contributed by atoms with Crippen molar-refractivity contribution >= 4 is 0 Å². The average Bonchev–Trinajstić information content (AvgIpc) is 2.32. The Kier molecular flexibility index (Phi) is 4.00. The van der Waals surface area contributed by atoms with Gasteiger partial charge in [0, 0.05) is 19.6 Å². The van der Waals surface area contributed by atoms with E-state index >= 15 is 0 Å². The molecule has 1 aliphatic heterocycles. The monoisotopic (exact) mass is 212 g/mol. The number of ether oxygens (including phenoxy) is 1. The fourth-order valence-corrected chi connectivity index (χ4v) is 2.97. The van der Waals surface area contributed by atoms with Crippen molar-refractivity contribution in [2.75, 3.05) is 26.2 Å². The first-order valence-corrected chi connectivity index (χ1v) is 6.39. The molecule has 15 heavy (non-hydrogen) atoms. The molecule has 0 aromatic rings. The molecule has 0 amide bonds. The molecule has 88 valence electrons. The minimum atomic E-state index is -0.0553. The molecule has 1 atom stereocenters. The van der Waals surface area contributed by atoms with Crippen molar-refractivity contribution in [1.29, 1.82) is 0 Å². The number of nitrogens with two attached hydrogens (primary N) is 1. The quantitative estimate of drug-likeness (QED) is 0.740. The third-order valence-corrected chi connectivity index (χ3v) is 3.89. The lowest BCUT2D eigenvalue weighted by Crippen LogP contribution is -2.55. The van der Waals surface area contributed by atoms with E-state index in [-0.39, 0.29) is 5.60 Å². The molecule has 2 rings (SSSR count). The maximum absolute atomic E-state index is 5.93. The second kappa shape index (κ2) is 5.28. The van der Waals surface area contributed by atoms with Crippen LogP contribution in [0.25, 0.3) is 0 Å². The van der Waals surface area contributed by atoms with Gasteiger partial charge in [-0.3, -0.25) is 0 Å². The molecule has 1 aliphatic carbocycles. The molecule has 3 nitrogen and oxygen atoms in total. The van der Waals surface area contributed by atoms with Gasteiger partial charge in [0.25, 0.3) is 0 Å². The number of morpholine rings is 1. The number of hydrogen-bond acceptors (Lipinski definition) is 3. The largest absolute Gasteiger partial charge is 0.371 e. The van der Waals surface area contributed by atoms with Crippen molar-refractivity contribution in [3.05, 3.63) is 0 Å². The second-order valence-electron chi connectivity index (χ2n) is 5.12. The zero-order valence-corrected chi connectivity index (χ0v) is 9.63. The highest BCUT2D eigenvalue weighted by molar-refractivity contribution is 4.90. The van der Waals surface area contributed by atoms with E-state index in [0.717, 1.165) is 32.0 Å². The van der Waals surface area contributed by atoms with Crippen LogP contribution in [0.5, 0.6) is 0 Å². The Morgan fingerprint density at radius 3 is 2.67 bits per heavy atom. The van der Waals surface area contributed by atoms with Crippen LogP contribution in [0.3, 0.4) is 0 Å². The Bertz CT molecular complexity index is 184. The minimum Gasteiger partial charge on any atom is -0.371 e. The molecule has 0 radical (unpaired) electrons. The molecule has 1 saturated carbocycles. The topological polar surface area (TPSA) is 47.3 Å². The van der Waals surface area contributed by atoms with Crippen molar-refractivity contribution < 1.29 is 4.74 Å². The number of hydrogen-bond donors (Lipinski definition) is 2. The maximum Gasteiger partial charge on any atom is 0.0930 e. The normalized spacial score (nSPS) is 34.2. The van der Waals surface area contributed by atoms with Crippen LogP contribution >= 0.6 is 0 Å². The summed E-state index contributed by atoms with van der Waals surface area (Å²) in [6.45, 7) is 3.41. The molecule has 3 N–H and O–H groups in total. The van der Waals surface area contributed by atoms with Crippen LogP contribution in [-0.4, -0.2) is 31.8 Å². The van der Waals surface area contributed by atoms with E-state index in [1.54, 1.807) is 0 Å². The van der Waals surface area contributed by atoms with Gasteiger partial charge in [0.2, 0.25) is 0 Å². The van der Waals surface area contributed by atoms with Gasteiger partial charge >= 0.3 is 0 Å². The van der Waals surface area contributed by atoms with Crippen LogP contribution in [0.2, 0.25) is 0 Å². The summed E-state index contributed by atoms with van der Waals surface area (Å²) in [5.74, 6) is 0.849. The lowest BCUT2D eigenvalue weighted by Gasteiger charge is -2.40. The predicted molar refractivity (Wildman–Crippen MR) is 61.8 cm³/mol. The molecule has 0 aromatic carbocycles. The van der Waals surface area contributed by atoms with Crippen LogP contribution < -0.4 is 11.1 Å². The lowest BCUT2D eigenvalue weighted by molar-refractivity contribution is -0.0759. The zero-order valence-electron chi connectivity index (χ0n) is 9.63. The van der Waals surface area contributed by atoms with Gasteiger partial charge in [0.1, 0.15) is 0 Å². The smallest absolute Gasteiger partial charge is 0.0930 e. The summed E-state index contributed by atoms with van der Waals surface area (Å²) in [7, 11) is 0. The summed E-state index contributed by atoms with van der Waals surface area (Å²) in [4.78, 5) is 0. The van der Waals surface area contributed by atoms with Gasteiger partial charge in [-0.15, -0.1) is 0 Å². The Morgan fingerprint density at radius 1 is 1.27 bits per heavy atom. The zero-order chi connectivity index (χ0) is 10.6. The van der Waals surface area contributed by atoms with Crippen molar-refractivity contribution in [2.45, 2.75) is 44.1 Å². The van der Waals surface area contributed by atoms with Gasteiger partial charge in [0.05, 0.1) is 12.2 Å². The van der Waals surface area contributed by atoms with E-state index in [9.17, 15) is 0 Å². The SMILES string of the molecule is NC[C@@]1(CC2CCCCC2)CNCCO1. The van der Waals surface area contributed by atoms with Crippen LogP contribution in [0.1, 0.15) is 38.5 Å². The summed E-state index contributed by atoms with van der Waals surface area (Å²) >= 11 is 0. The predicted octanol–water partition coefficient (Wildman–Crippen LogP) is 1.27. The lowest BCUT2D eigenvalue weighted by atomic mass is 9.80. The summed E-state index contributed by atoms with van der Waals surface area (Å²) in [6.07, 6.45) is 8.15. The van der Waals surface area contributed by atoms with Crippen LogP contribution in [-0.2, 0) is 4.74 Å². The van der Waals surface area contributed by atoms with E-state index in [2.05, 4.69) is 5.32 Å². The van der Waals surface area contributed by atoms with Gasteiger partial charge in [0.15, 0.2) is 0 Å². The highest BCUT2D eigenvalue weighted by Crippen LogP contribution is 2.32. The molecule has 3 heteroatoms. The first-order valence-electron chi connectivity index (χ1n) is 6.39. The molecule has 1 saturated heterocycles. The molecule has 1 heterocycles. The first-order chi connectivity index (χ1) is 7.35. The summed E-state index contributed by atoms with van der Waals surface area (Å²) in [5.41, 5.74) is 5.84. The fraction of sp³-hybridized carbons (Fsp3) is 1.00. The Labute approximate surface area is 92.7 Å². The van der Waals surface area contributed by atoms with Crippen molar-refractivity contribution in [2.24, 2.45) is 11.7 Å². The first kappa shape index (κ1) is 11.4. The van der Waals surface area contributed by atoms with Crippen molar-refractivity contribution in [3.63, 3.8) is 0 Å². The van der Waals surface area contributed by atoms with Gasteiger partial charge in [-0.05, 0) is 12.3 Å². The number of nitrogens with one attached hydrogen (secondary N) is 1. The van der Waals surface area contributed by atoms with Crippen LogP contribution in [0.4, 0.5) is 0 Å². The third kappa shape index (κ3) is 2.92. The molecule has 0 aromatic heterocycles. The number of rotatable bonds is 3. The highest BCUT2D eigenvalue weighted by Gasteiger charge is 2.34. The molecule has 0 unspecified atom stereocenters. The average molecular weight is 212 g/mol. The minimum absolute atomic E-state index is 0.0553. The van der Waals surface area contributed by atoms with Crippen molar-refractivity contribution in [1.82, 2.24) is 5.32 Å². The fourth-order valence-electron chi connectivity index (χ4n) is 2.97. The molecule has 0 spiro atoms. The van der Waals surface area contributed by atoms with Gasteiger partial charge in [-0.1, -0.05) is 32.1 Å². The van der Waals surface area contributed by atoms with Crippen LogP contribution in [0.15, 0.2) is 0 Å². The van der Waals surface area contributed by atoms with E-state index < -0.39 is 0 Å². The van der Waals surface area contributed by atoms with Crippen LogP contribution in [0, 0.1) is 5.92 Å². The van der Waals surface area contributed by atoms with E-state index in [1.807, 2.05) is 0 Å². The summed E-state index contributed by atoms with van der Waals surface area (Å²) in [5, 5.41) is 3.41. The van der Waals surface area contributed by atoms with Gasteiger partial charge in [-0.25, -0.2) is 0 Å². The molecule has 2 aliphatic rings. The summed E-state index contributed by atoms with van der Waals surface area (Å²) in [6, 6.07) is 0. The highest BCUT2D eigenvalue weighted by atomic mass is 16.5. The van der Waals surface area contributed by atoms with Gasteiger partial charge in [-0.2, -0.15) is 0 Å². The van der Waals surface area contributed by atoms with E-state index in [4.69, 9.17) is 10.5 Å². The van der Waals surface area contributed by atoms with Crippen molar-refractivity contribution in [3.8, 4) is 0 Å².